The second-order valence-corrected chi connectivity index (χ2v) is 10.5. The summed E-state index contributed by atoms with van der Waals surface area (Å²) in [5, 5.41) is 9.65. The Morgan fingerprint density at radius 1 is 0.579 bits per heavy atom. The Morgan fingerprint density at radius 2 is 1.21 bits per heavy atom. The molecule has 0 saturated carbocycles. The molecule has 0 heterocycles. The average molecular weight is 554 g/mol. The fourth-order valence-electron chi connectivity index (χ4n) is 4.99. The summed E-state index contributed by atoms with van der Waals surface area (Å²) in [5.41, 5.74) is 5.81. The Balaban J connectivity index is 1.54. The molecule has 1 N–H and O–H groups in total. The van der Waals surface area contributed by atoms with Crippen molar-refractivity contribution in [1.29, 1.82) is 0 Å². The van der Waals surface area contributed by atoms with Crippen molar-refractivity contribution in [2.24, 2.45) is 0 Å². The first-order valence-corrected chi connectivity index (χ1v) is 13.4. The zero-order valence-corrected chi connectivity index (χ0v) is 22.8. The summed E-state index contributed by atoms with van der Waals surface area (Å²) in [5.74, 6) is 0. The predicted molar refractivity (Wildman–Crippen MR) is 166 cm³/mol. The van der Waals surface area contributed by atoms with Gasteiger partial charge in [0.2, 0.25) is 0 Å². The van der Waals surface area contributed by atoms with E-state index in [1.165, 1.54) is 0 Å². The Labute approximate surface area is 237 Å². The van der Waals surface area contributed by atoms with Crippen LogP contribution in [0.2, 0.25) is 15.1 Å². The topological polar surface area (TPSA) is 15.3 Å². The van der Waals surface area contributed by atoms with E-state index in [0.717, 1.165) is 55.5 Å². The van der Waals surface area contributed by atoms with Crippen molar-refractivity contribution in [2.45, 2.75) is 6.92 Å². The smallest absolute Gasteiger partial charge is 0.0555 e. The lowest BCUT2D eigenvalue weighted by atomic mass is 10.1. The van der Waals surface area contributed by atoms with Crippen molar-refractivity contribution >= 4 is 84.8 Å². The molecule has 0 spiro atoms. The third kappa shape index (κ3) is 4.68. The largest absolute Gasteiger partial charge is 0.355 e. The van der Waals surface area contributed by atoms with Gasteiger partial charge in [-0.3, -0.25) is 0 Å². The highest BCUT2D eigenvalue weighted by atomic mass is 35.5. The van der Waals surface area contributed by atoms with Gasteiger partial charge in [0.1, 0.15) is 0 Å². The summed E-state index contributed by atoms with van der Waals surface area (Å²) in [6.07, 6.45) is 0. The summed E-state index contributed by atoms with van der Waals surface area (Å²) >= 11 is 20.1. The van der Waals surface area contributed by atoms with Gasteiger partial charge in [-0.1, -0.05) is 95.5 Å². The maximum Gasteiger partial charge on any atom is 0.0555 e. The highest BCUT2D eigenvalue weighted by molar-refractivity contribution is 6.37. The van der Waals surface area contributed by atoms with Crippen LogP contribution in [0.1, 0.15) is 5.56 Å². The molecule has 6 rings (SSSR count). The number of halogens is 3. The van der Waals surface area contributed by atoms with Gasteiger partial charge >= 0.3 is 0 Å². The molecule has 0 atom stereocenters. The predicted octanol–water partition coefficient (Wildman–Crippen LogP) is 11.5. The SMILES string of the molecule is Cc1cccc(N(c2cc(Cl)cc(Nc3cccc4cccc(Cl)c34)c2)c2cccc3cccc(Cl)c23)c1. The minimum atomic E-state index is 0.611. The van der Waals surface area contributed by atoms with Crippen LogP contribution in [0.25, 0.3) is 21.5 Å². The molecule has 0 aliphatic carbocycles. The number of rotatable bonds is 5. The monoisotopic (exact) mass is 552 g/mol. The minimum absolute atomic E-state index is 0.611. The number of nitrogens with zero attached hydrogens (tertiary/aromatic N) is 1. The van der Waals surface area contributed by atoms with E-state index in [9.17, 15) is 0 Å². The molecule has 0 bridgehead atoms. The lowest BCUT2D eigenvalue weighted by molar-refractivity contribution is 1.28. The highest BCUT2D eigenvalue weighted by Gasteiger charge is 2.18. The first-order chi connectivity index (χ1) is 18.5. The number of anilines is 5. The minimum Gasteiger partial charge on any atom is -0.355 e. The molecule has 6 aromatic rings. The van der Waals surface area contributed by atoms with Gasteiger partial charge in [0.15, 0.2) is 0 Å². The van der Waals surface area contributed by atoms with E-state index in [1.54, 1.807) is 0 Å². The molecule has 0 aliphatic rings. The Kier molecular flexibility index (Phi) is 6.63. The number of hydrogen-bond acceptors (Lipinski definition) is 2. The molecule has 186 valence electrons. The number of hydrogen-bond donors (Lipinski definition) is 1. The molecule has 6 aromatic carbocycles. The van der Waals surface area contributed by atoms with Gasteiger partial charge in [-0.2, -0.15) is 0 Å². The van der Waals surface area contributed by atoms with Crippen LogP contribution in [0.4, 0.5) is 28.4 Å². The summed E-state index contributed by atoms with van der Waals surface area (Å²) in [7, 11) is 0. The highest BCUT2D eigenvalue weighted by Crippen LogP contribution is 2.43. The van der Waals surface area contributed by atoms with Crippen LogP contribution in [0.15, 0.2) is 115 Å². The summed E-state index contributed by atoms with van der Waals surface area (Å²) in [6.45, 7) is 2.09. The normalized spacial score (nSPS) is 11.2. The van der Waals surface area contributed by atoms with Crippen molar-refractivity contribution < 1.29 is 0 Å². The lowest BCUT2D eigenvalue weighted by Crippen LogP contribution is -2.11. The van der Waals surface area contributed by atoms with E-state index in [1.807, 2.05) is 48.5 Å². The summed E-state index contributed by atoms with van der Waals surface area (Å²) < 4.78 is 0. The van der Waals surface area contributed by atoms with Crippen molar-refractivity contribution in [3.8, 4) is 0 Å². The van der Waals surface area contributed by atoms with Gasteiger partial charge < -0.3 is 10.2 Å². The van der Waals surface area contributed by atoms with Crippen LogP contribution in [-0.2, 0) is 0 Å². The van der Waals surface area contributed by atoms with E-state index in [2.05, 4.69) is 83.9 Å². The summed E-state index contributed by atoms with van der Waals surface area (Å²) in [6, 6.07) is 38.6. The third-order valence-corrected chi connectivity index (χ3v) is 7.45. The fraction of sp³-hybridized carbons (Fsp3) is 0.0303. The number of fused-ring (bicyclic) bond motifs is 2. The Hall–Kier alpha value is -3.69. The third-order valence-electron chi connectivity index (χ3n) is 6.61. The maximum absolute atomic E-state index is 6.78. The number of nitrogens with one attached hydrogen (secondary N) is 1. The van der Waals surface area contributed by atoms with Crippen molar-refractivity contribution in [3.05, 3.63) is 136 Å². The molecule has 0 amide bonds. The van der Waals surface area contributed by atoms with E-state index >= 15 is 0 Å². The average Bonchev–Trinajstić information content (AvgIpc) is 2.89. The maximum atomic E-state index is 6.78. The van der Waals surface area contributed by atoms with Crippen molar-refractivity contribution in [1.82, 2.24) is 0 Å². The van der Waals surface area contributed by atoms with Gasteiger partial charge in [0, 0.05) is 38.5 Å². The molecular formula is C33H23Cl3N2. The van der Waals surface area contributed by atoms with Crippen LogP contribution in [-0.4, -0.2) is 0 Å². The number of benzene rings is 6. The van der Waals surface area contributed by atoms with Gasteiger partial charge in [0.25, 0.3) is 0 Å². The molecule has 0 aromatic heterocycles. The molecule has 0 aliphatic heterocycles. The zero-order valence-electron chi connectivity index (χ0n) is 20.6. The quantitative estimate of drug-likeness (QED) is 0.228. The molecular weight excluding hydrogens is 531 g/mol. The van der Waals surface area contributed by atoms with E-state index < -0.39 is 0 Å². The zero-order chi connectivity index (χ0) is 26.2. The lowest BCUT2D eigenvalue weighted by Gasteiger charge is -2.28. The Morgan fingerprint density at radius 3 is 1.95 bits per heavy atom. The molecule has 0 unspecified atom stereocenters. The van der Waals surface area contributed by atoms with Crippen LogP contribution < -0.4 is 10.2 Å². The van der Waals surface area contributed by atoms with Crippen LogP contribution in [0, 0.1) is 6.92 Å². The van der Waals surface area contributed by atoms with Crippen LogP contribution >= 0.6 is 34.8 Å². The molecule has 38 heavy (non-hydrogen) atoms. The molecule has 0 radical (unpaired) electrons. The Bertz CT molecular complexity index is 1800. The van der Waals surface area contributed by atoms with Gasteiger partial charge in [-0.25, -0.2) is 0 Å². The molecule has 5 heteroatoms. The van der Waals surface area contributed by atoms with Crippen LogP contribution in [0.5, 0.6) is 0 Å². The molecule has 2 nitrogen and oxygen atoms in total. The molecule has 0 fully saturated rings. The second kappa shape index (κ2) is 10.2. The molecule has 0 saturated heterocycles. The number of aryl methyl sites for hydroxylation is 1. The van der Waals surface area contributed by atoms with E-state index in [4.69, 9.17) is 34.8 Å². The van der Waals surface area contributed by atoms with E-state index in [-0.39, 0.29) is 0 Å². The van der Waals surface area contributed by atoms with Gasteiger partial charge in [0.05, 0.1) is 15.7 Å². The first kappa shape index (κ1) is 24.6. The second-order valence-electron chi connectivity index (χ2n) is 9.26. The van der Waals surface area contributed by atoms with Gasteiger partial charge in [-0.15, -0.1) is 0 Å². The van der Waals surface area contributed by atoms with Crippen molar-refractivity contribution in [3.63, 3.8) is 0 Å². The van der Waals surface area contributed by atoms with Crippen LogP contribution in [0.3, 0.4) is 0 Å². The fourth-order valence-corrected chi connectivity index (χ4v) is 5.78. The van der Waals surface area contributed by atoms with Crippen molar-refractivity contribution in [2.75, 3.05) is 10.2 Å². The van der Waals surface area contributed by atoms with Gasteiger partial charge in [-0.05, 0) is 77.9 Å². The first-order valence-electron chi connectivity index (χ1n) is 12.3. The van der Waals surface area contributed by atoms with E-state index in [0.29, 0.717) is 15.1 Å². The summed E-state index contributed by atoms with van der Waals surface area (Å²) in [4.78, 5) is 2.20. The standard InChI is InChI=1S/C33H23Cl3N2/c1-21-7-2-12-26(17-21)38(31-16-6-11-23-9-4-14-29(36)33(23)31)27-19-24(34)18-25(20-27)37-30-15-5-10-22-8-3-13-28(35)32(22)30/h2-20,37H,1H3.